The first-order valence-electron chi connectivity index (χ1n) is 6.35. The molecule has 5 nitrogen and oxygen atoms in total. The first kappa shape index (κ1) is 14.2. The van der Waals surface area contributed by atoms with E-state index in [4.69, 9.17) is 11.6 Å². The van der Waals surface area contributed by atoms with E-state index in [0.29, 0.717) is 30.9 Å². The number of alkyl halides is 1. The molecule has 8 heteroatoms. The molecule has 0 aromatic heterocycles. The monoisotopic (exact) mass is 331 g/mol. The van der Waals surface area contributed by atoms with Crippen LogP contribution < -0.4 is 0 Å². The molecule has 0 saturated carbocycles. The molecule has 20 heavy (non-hydrogen) atoms. The van der Waals surface area contributed by atoms with Crippen LogP contribution >= 0.6 is 11.6 Å². The van der Waals surface area contributed by atoms with Crippen molar-refractivity contribution in [2.45, 2.75) is 23.6 Å². The maximum absolute atomic E-state index is 12.8. The van der Waals surface area contributed by atoms with Crippen molar-refractivity contribution in [3.8, 4) is 0 Å². The quantitative estimate of drug-likeness (QED) is 0.794. The van der Waals surface area contributed by atoms with Crippen molar-refractivity contribution >= 4 is 44.4 Å². The Bertz CT molecular complexity index is 713. The van der Waals surface area contributed by atoms with E-state index in [-0.39, 0.29) is 16.2 Å². The summed E-state index contributed by atoms with van der Waals surface area (Å²) < 4.78 is 35.3. The Balaban J connectivity index is 1.98. The fourth-order valence-corrected chi connectivity index (χ4v) is 4.91. The summed E-state index contributed by atoms with van der Waals surface area (Å²) in [5.41, 5.74) is 1.08. The summed E-state index contributed by atoms with van der Waals surface area (Å²) in [7, 11) is -3.54. The van der Waals surface area contributed by atoms with Crippen LogP contribution in [0.15, 0.2) is 31.8 Å². The lowest BCUT2D eigenvalue weighted by Crippen LogP contribution is -2.43. The van der Waals surface area contributed by atoms with Gasteiger partial charge in [0, 0.05) is 18.5 Å². The molecule has 2 heterocycles. The summed E-state index contributed by atoms with van der Waals surface area (Å²) in [6, 6.07) is 5.07. The number of hydrogen-bond donors (Lipinski definition) is 0. The Morgan fingerprint density at radius 1 is 1.40 bits per heavy atom. The first-order chi connectivity index (χ1) is 9.50. The fraction of sp³-hybridized carbons (Fsp3) is 0.500. The number of piperidine rings is 1. The molecule has 3 rings (SSSR count). The Kier molecular flexibility index (Phi) is 3.70. The van der Waals surface area contributed by atoms with Crippen molar-refractivity contribution in [3.63, 3.8) is 0 Å². The number of nitrogens with zero attached hydrogens (tertiary/aromatic N) is 3. The Morgan fingerprint density at radius 2 is 2.20 bits per heavy atom. The van der Waals surface area contributed by atoms with Gasteiger partial charge in [-0.25, -0.2) is 8.42 Å². The Morgan fingerprint density at radius 3 is 2.95 bits per heavy atom. The predicted octanol–water partition coefficient (Wildman–Crippen LogP) is 3.05. The number of fused-ring (bicyclic) bond motifs is 1. The van der Waals surface area contributed by atoms with Crippen molar-refractivity contribution in [3.05, 3.63) is 18.2 Å². The van der Waals surface area contributed by atoms with E-state index < -0.39 is 10.0 Å². The molecule has 2 aliphatic heterocycles. The highest BCUT2D eigenvalue weighted by Gasteiger charge is 2.34. The topological polar surface area (TPSA) is 62.1 Å². The first-order valence-corrected chi connectivity index (χ1v) is 8.96. The van der Waals surface area contributed by atoms with Gasteiger partial charge in [0.15, 0.2) is 0 Å². The average molecular weight is 332 g/mol. The minimum atomic E-state index is -3.54. The molecule has 0 spiro atoms. The number of sulfonamides is 1. The second-order valence-corrected chi connectivity index (χ2v) is 8.03. The van der Waals surface area contributed by atoms with E-state index in [2.05, 4.69) is 8.73 Å². The number of halogens is 1. The van der Waals surface area contributed by atoms with Gasteiger partial charge in [-0.2, -0.15) is 13.0 Å². The van der Waals surface area contributed by atoms with Gasteiger partial charge < -0.3 is 0 Å². The molecule has 2 aliphatic rings. The molecule has 1 aromatic rings. The van der Waals surface area contributed by atoms with Crippen molar-refractivity contribution in [2.24, 2.45) is 14.6 Å². The van der Waals surface area contributed by atoms with Crippen molar-refractivity contribution in [1.29, 1.82) is 0 Å². The van der Waals surface area contributed by atoms with Gasteiger partial charge in [-0.3, -0.25) is 0 Å². The lowest BCUT2D eigenvalue weighted by molar-refractivity contribution is 0.286. The smallest absolute Gasteiger partial charge is 0.207 e. The second kappa shape index (κ2) is 5.22. The van der Waals surface area contributed by atoms with Crippen LogP contribution in [-0.2, 0) is 21.4 Å². The molecule has 2 atom stereocenters. The maximum atomic E-state index is 12.8. The number of benzene rings is 1. The van der Waals surface area contributed by atoms with Crippen molar-refractivity contribution < 1.29 is 8.42 Å². The van der Waals surface area contributed by atoms with Crippen LogP contribution in [0.2, 0.25) is 0 Å². The van der Waals surface area contributed by atoms with Crippen LogP contribution in [0.25, 0.3) is 0 Å². The van der Waals surface area contributed by atoms with E-state index in [9.17, 15) is 8.42 Å². The van der Waals surface area contributed by atoms with Gasteiger partial charge in [0.25, 0.3) is 0 Å². The minimum absolute atomic E-state index is 0.0400. The zero-order valence-electron chi connectivity index (χ0n) is 10.9. The highest BCUT2D eigenvalue weighted by atomic mass is 35.5. The summed E-state index contributed by atoms with van der Waals surface area (Å²) in [5.74, 6) is 0.146. The third-order valence-electron chi connectivity index (χ3n) is 3.63. The molecular weight excluding hydrogens is 318 g/mol. The van der Waals surface area contributed by atoms with Crippen molar-refractivity contribution in [1.82, 2.24) is 4.31 Å². The van der Waals surface area contributed by atoms with Gasteiger partial charge >= 0.3 is 0 Å². The molecule has 0 radical (unpaired) electrons. The van der Waals surface area contributed by atoms with E-state index in [1.807, 2.05) is 6.92 Å². The van der Waals surface area contributed by atoms with Gasteiger partial charge in [-0.15, -0.1) is 11.6 Å². The van der Waals surface area contributed by atoms with Gasteiger partial charge in [0.2, 0.25) is 10.0 Å². The van der Waals surface area contributed by atoms with Gasteiger partial charge in [-0.1, -0.05) is 13.0 Å². The molecule has 0 amide bonds. The van der Waals surface area contributed by atoms with E-state index in [1.54, 1.807) is 18.2 Å². The Labute approximate surface area is 126 Å². The van der Waals surface area contributed by atoms with Gasteiger partial charge in [-0.05, 0) is 24.5 Å². The summed E-state index contributed by atoms with van der Waals surface area (Å²) in [6.07, 6.45) is 0.674. The molecule has 0 bridgehead atoms. The summed E-state index contributed by atoms with van der Waals surface area (Å²) in [5, 5.41) is 0.0400. The van der Waals surface area contributed by atoms with E-state index in [0.717, 1.165) is 11.4 Å². The molecular formula is C12H14ClN3O2S2. The van der Waals surface area contributed by atoms with Crippen LogP contribution in [0, 0.1) is 5.92 Å². The molecule has 108 valence electrons. The van der Waals surface area contributed by atoms with E-state index in [1.165, 1.54) is 4.31 Å². The standard InChI is InChI=1S/C12H14ClN3O2S2/c1-8-7-16(6-5-9(8)13)20(17,18)11-4-2-3-10-12(11)15-19-14-10/h2-4,8-9H,5-7H2,1H3. The fourth-order valence-electron chi connectivity index (χ4n) is 2.43. The molecule has 1 aromatic carbocycles. The SMILES string of the molecule is CC1CN(S(=O)(=O)c2cccc3c2N=S=N3)CCC1Cl. The Hall–Kier alpha value is -0.760. The molecule has 2 unspecified atom stereocenters. The number of rotatable bonds is 2. The summed E-state index contributed by atoms with van der Waals surface area (Å²) >= 11 is 7.19. The minimum Gasteiger partial charge on any atom is -0.207 e. The van der Waals surface area contributed by atoms with Gasteiger partial charge in [0.05, 0.1) is 11.4 Å². The molecule has 1 saturated heterocycles. The second-order valence-electron chi connectivity index (χ2n) is 5.03. The molecule has 0 aliphatic carbocycles. The lowest BCUT2D eigenvalue weighted by atomic mass is 10.0. The third kappa shape index (κ3) is 2.32. The lowest BCUT2D eigenvalue weighted by Gasteiger charge is -2.33. The van der Waals surface area contributed by atoms with Crippen LogP contribution in [0.1, 0.15) is 13.3 Å². The van der Waals surface area contributed by atoms with E-state index >= 15 is 0 Å². The van der Waals surface area contributed by atoms with Crippen LogP contribution in [-0.4, -0.2) is 31.2 Å². The zero-order chi connectivity index (χ0) is 14.3. The van der Waals surface area contributed by atoms with Crippen LogP contribution in [0.4, 0.5) is 11.4 Å². The van der Waals surface area contributed by atoms with Crippen LogP contribution in [0.5, 0.6) is 0 Å². The molecule has 0 N–H and O–H groups in total. The predicted molar refractivity (Wildman–Crippen MR) is 80.2 cm³/mol. The normalized spacial score (nSPS) is 26.3. The average Bonchev–Trinajstić information content (AvgIpc) is 2.89. The number of hydrogen-bond acceptors (Lipinski definition) is 4. The van der Waals surface area contributed by atoms with Crippen molar-refractivity contribution in [2.75, 3.05) is 13.1 Å². The maximum Gasteiger partial charge on any atom is 0.245 e. The third-order valence-corrected chi connectivity index (χ3v) is 6.72. The summed E-state index contributed by atoms with van der Waals surface area (Å²) in [4.78, 5) is 0.240. The highest BCUT2D eigenvalue weighted by molar-refractivity contribution is 7.89. The highest BCUT2D eigenvalue weighted by Crippen LogP contribution is 2.39. The summed E-state index contributed by atoms with van der Waals surface area (Å²) in [6.45, 7) is 2.88. The van der Waals surface area contributed by atoms with Gasteiger partial charge in [0.1, 0.15) is 16.3 Å². The largest absolute Gasteiger partial charge is 0.245 e. The zero-order valence-corrected chi connectivity index (χ0v) is 13.2. The van der Waals surface area contributed by atoms with Crippen LogP contribution in [0.3, 0.4) is 0 Å². The molecule has 1 fully saturated rings.